The fourth-order valence-corrected chi connectivity index (χ4v) is 1.16. The zero-order valence-electron chi connectivity index (χ0n) is 9.32. The Morgan fingerprint density at radius 3 is 2.40 bits per heavy atom. The van der Waals surface area contributed by atoms with Gasteiger partial charge in [0.1, 0.15) is 0 Å². The van der Waals surface area contributed by atoms with Gasteiger partial charge < -0.3 is 5.32 Å². The second-order valence-corrected chi connectivity index (χ2v) is 3.63. The number of amides is 2. The molecule has 0 atom stereocenters. The molecule has 15 heavy (non-hydrogen) atoms. The zero-order valence-corrected chi connectivity index (χ0v) is 9.32. The Hall–Kier alpha value is -1.71. The van der Waals surface area contributed by atoms with E-state index in [0.29, 0.717) is 0 Å². The van der Waals surface area contributed by atoms with Crippen molar-refractivity contribution in [1.29, 1.82) is 0 Å². The third kappa shape index (κ3) is 3.89. The number of carbonyl (C=O) groups excluding carboxylic acids is 1. The highest BCUT2D eigenvalue weighted by atomic mass is 16.2. The normalized spacial score (nSPS) is 9.87. The van der Waals surface area contributed by atoms with E-state index in [1.54, 1.807) is 12.1 Å². The SMILES string of the molecule is CC(C)NC(=O)NN(C)c1ccccc1. The van der Waals surface area contributed by atoms with E-state index in [4.69, 9.17) is 0 Å². The Balaban J connectivity index is 2.49. The van der Waals surface area contributed by atoms with Crippen molar-refractivity contribution in [2.75, 3.05) is 12.1 Å². The van der Waals surface area contributed by atoms with E-state index in [-0.39, 0.29) is 12.1 Å². The van der Waals surface area contributed by atoms with Crippen molar-refractivity contribution in [2.45, 2.75) is 19.9 Å². The molecule has 2 amide bonds. The van der Waals surface area contributed by atoms with E-state index >= 15 is 0 Å². The van der Waals surface area contributed by atoms with Crippen LogP contribution in [0.15, 0.2) is 30.3 Å². The number of hydrogen-bond acceptors (Lipinski definition) is 2. The summed E-state index contributed by atoms with van der Waals surface area (Å²) in [5.41, 5.74) is 3.65. The summed E-state index contributed by atoms with van der Waals surface area (Å²) in [5.74, 6) is 0. The van der Waals surface area contributed by atoms with Crippen LogP contribution < -0.4 is 15.8 Å². The summed E-state index contributed by atoms with van der Waals surface area (Å²) in [4.78, 5) is 11.4. The van der Waals surface area contributed by atoms with E-state index < -0.39 is 0 Å². The van der Waals surface area contributed by atoms with Crippen molar-refractivity contribution in [1.82, 2.24) is 10.7 Å². The molecule has 0 bridgehead atoms. The van der Waals surface area contributed by atoms with Gasteiger partial charge in [-0.05, 0) is 26.0 Å². The third-order valence-corrected chi connectivity index (χ3v) is 1.83. The van der Waals surface area contributed by atoms with Gasteiger partial charge in [-0.3, -0.25) is 5.01 Å². The quantitative estimate of drug-likeness (QED) is 0.742. The van der Waals surface area contributed by atoms with Gasteiger partial charge in [0.25, 0.3) is 0 Å². The van der Waals surface area contributed by atoms with Gasteiger partial charge in [-0.1, -0.05) is 18.2 Å². The fourth-order valence-electron chi connectivity index (χ4n) is 1.16. The minimum Gasteiger partial charge on any atom is -0.335 e. The number of benzene rings is 1. The van der Waals surface area contributed by atoms with Crippen LogP contribution in [0.25, 0.3) is 0 Å². The van der Waals surface area contributed by atoms with Crippen LogP contribution in [0, 0.1) is 0 Å². The van der Waals surface area contributed by atoms with E-state index in [1.807, 2.05) is 44.2 Å². The molecule has 1 aromatic carbocycles. The van der Waals surface area contributed by atoms with Gasteiger partial charge in [0.15, 0.2) is 0 Å². The molecule has 0 saturated carbocycles. The van der Waals surface area contributed by atoms with Gasteiger partial charge in [0, 0.05) is 13.1 Å². The number of nitrogens with one attached hydrogen (secondary N) is 2. The number of rotatable bonds is 3. The average Bonchev–Trinajstić information content (AvgIpc) is 2.17. The van der Waals surface area contributed by atoms with Crippen molar-refractivity contribution >= 4 is 11.7 Å². The number of para-hydroxylation sites is 1. The zero-order chi connectivity index (χ0) is 11.3. The van der Waals surface area contributed by atoms with Crippen LogP contribution in [-0.4, -0.2) is 19.1 Å². The second kappa shape index (κ2) is 5.24. The number of hydrazine groups is 1. The lowest BCUT2D eigenvalue weighted by molar-refractivity contribution is 0.238. The van der Waals surface area contributed by atoms with Crippen LogP contribution in [0.1, 0.15) is 13.8 Å². The number of urea groups is 1. The lowest BCUT2D eigenvalue weighted by Crippen LogP contribution is -2.47. The predicted molar refractivity (Wildman–Crippen MR) is 61.6 cm³/mol. The largest absolute Gasteiger partial charge is 0.335 e. The van der Waals surface area contributed by atoms with Gasteiger partial charge in [-0.2, -0.15) is 0 Å². The molecule has 1 aromatic rings. The summed E-state index contributed by atoms with van der Waals surface area (Å²) in [6, 6.07) is 9.57. The Morgan fingerprint density at radius 2 is 1.87 bits per heavy atom. The van der Waals surface area contributed by atoms with Crippen LogP contribution in [0.4, 0.5) is 10.5 Å². The highest BCUT2D eigenvalue weighted by Gasteiger charge is 2.05. The molecular weight excluding hydrogens is 190 g/mol. The summed E-state index contributed by atoms with van der Waals surface area (Å²) in [7, 11) is 1.80. The maximum Gasteiger partial charge on any atom is 0.333 e. The molecular formula is C11H17N3O. The molecule has 0 aliphatic carbocycles. The smallest absolute Gasteiger partial charge is 0.333 e. The average molecular weight is 207 g/mol. The number of anilines is 1. The summed E-state index contributed by atoms with van der Waals surface area (Å²) in [6.07, 6.45) is 0. The first kappa shape index (κ1) is 11.4. The molecule has 0 heterocycles. The van der Waals surface area contributed by atoms with Gasteiger partial charge in [-0.25, -0.2) is 10.2 Å². The molecule has 4 nitrogen and oxygen atoms in total. The van der Waals surface area contributed by atoms with Crippen LogP contribution in [0.2, 0.25) is 0 Å². The van der Waals surface area contributed by atoms with Gasteiger partial charge in [0.05, 0.1) is 5.69 Å². The van der Waals surface area contributed by atoms with Crippen LogP contribution in [0.5, 0.6) is 0 Å². The van der Waals surface area contributed by atoms with Crippen molar-refractivity contribution in [2.24, 2.45) is 0 Å². The van der Waals surface area contributed by atoms with Crippen molar-refractivity contribution in [3.8, 4) is 0 Å². The maximum atomic E-state index is 11.4. The van der Waals surface area contributed by atoms with Gasteiger partial charge >= 0.3 is 6.03 Å². The molecule has 0 aromatic heterocycles. The summed E-state index contributed by atoms with van der Waals surface area (Å²) >= 11 is 0. The van der Waals surface area contributed by atoms with Crippen molar-refractivity contribution in [3.63, 3.8) is 0 Å². The summed E-state index contributed by atoms with van der Waals surface area (Å²) in [5, 5.41) is 4.43. The van der Waals surface area contributed by atoms with E-state index in [0.717, 1.165) is 5.69 Å². The van der Waals surface area contributed by atoms with Crippen LogP contribution >= 0.6 is 0 Å². The van der Waals surface area contributed by atoms with E-state index in [2.05, 4.69) is 10.7 Å². The van der Waals surface area contributed by atoms with E-state index in [9.17, 15) is 4.79 Å². The number of carbonyl (C=O) groups is 1. The lowest BCUT2D eigenvalue weighted by Gasteiger charge is -2.21. The molecule has 4 heteroatoms. The molecule has 0 fully saturated rings. The molecule has 0 aliphatic rings. The number of nitrogens with zero attached hydrogens (tertiary/aromatic N) is 1. The van der Waals surface area contributed by atoms with Crippen molar-refractivity contribution < 1.29 is 4.79 Å². The monoisotopic (exact) mass is 207 g/mol. The predicted octanol–water partition coefficient (Wildman–Crippen LogP) is 1.75. The highest BCUT2D eigenvalue weighted by molar-refractivity contribution is 5.76. The third-order valence-electron chi connectivity index (χ3n) is 1.83. The van der Waals surface area contributed by atoms with E-state index in [1.165, 1.54) is 0 Å². The van der Waals surface area contributed by atoms with Crippen LogP contribution in [-0.2, 0) is 0 Å². The lowest BCUT2D eigenvalue weighted by atomic mass is 10.3. The Labute approximate surface area is 90.2 Å². The Kier molecular flexibility index (Phi) is 3.97. The molecule has 0 saturated heterocycles. The first-order valence-electron chi connectivity index (χ1n) is 4.95. The second-order valence-electron chi connectivity index (χ2n) is 3.63. The minimum atomic E-state index is -0.198. The number of hydrogen-bond donors (Lipinski definition) is 2. The van der Waals surface area contributed by atoms with Gasteiger partial charge in [-0.15, -0.1) is 0 Å². The summed E-state index contributed by atoms with van der Waals surface area (Å²) in [6.45, 7) is 3.84. The maximum absolute atomic E-state index is 11.4. The van der Waals surface area contributed by atoms with Gasteiger partial charge in [0.2, 0.25) is 0 Å². The molecule has 1 rings (SSSR count). The standard InChI is InChI=1S/C11H17N3O/c1-9(2)12-11(15)13-14(3)10-7-5-4-6-8-10/h4-9H,1-3H3,(H2,12,13,15). The molecule has 0 unspecified atom stereocenters. The Morgan fingerprint density at radius 1 is 1.27 bits per heavy atom. The highest BCUT2D eigenvalue weighted by Crippen LogP contribution is 2.07. The minimum absolute atomic E-state index is 0.133. The molecule has 0 spiro atoms. The van der Waals surface area contributed by atoms with Crippen LogP contribution in [0.3, 0.4) is 0 Å². The molecule has 0 radical (unpaired) electrons. The topological polar surface area (TPSA) is 44.4 Å². The molecule has 82 valence electrons. The Bertz CT molecular complexity index is 311. The first-order chi connectivity index (χ1) is 7.09. The van der Waals surface area contributed by atoms with Crippen molar-refractivity contribution in [3.05, 3.63) is 30.3 Å². The first-order valence-corrected chi connectivity index (χ1v) is 4.95. The summed E-state index contributed by atoms with van der Waals surface area (Å²) < 4.78 is 0. The fraction of sp³-hybridized carbons (Fsp3) is 0.364. The molecule has 2 N–H and O–H groups in total. The molecule has 0 aliphatic heterocycles.